The van der Waals surface area contributed by atoms with Crippen LogP contribution in [-0.2, 0) is 10.2 Å². The zero-order valence-corrected chi connectivity index (χ0v) is 8.38. The molecular weight excluding hydrogens is 202 g/mol. The smallest absolute Gasteiger partial charge is 0.239 e. The Morgan fingerprint density at radius 2 is 2.29 bits per heavy atom. The minimum absolute atomic E-state index is 0.129. The number of carbonyl (C=O) groups excluding carboxylic acids is 1. The quantitative estimate of drug-likeness (QED) is 0.602. The third kappa shape index (κ3) is 0.773. The lowest BCUT2D eigenvalue weighted by atomic mass is 10.1. The van der Waals surface area contributed by atoms with Crippen molar-refractivity contribution in [3.8, 4) is 0 Å². The van der Waals surface area contributed by atoms with Gasteiger partial charge in [-0.15, -0.1) is 0 Å². The summed E-state index contributed by atoms with van der Waals surface area (Å²) >= 11 is 5.72. The van der Waals surface area contributed by atoms with E-state index >= 15 is 0 Å². The molecule has 1 aromatic heterocycles. The van der Waals surface area contributed by atoms with Crippen LogP contribution in [0.1, 0.15) is 18.5 Å². The lowest BCUT2D eigenvalue weighted by Gasteiger charge is -2.08. The number of fused-ring (bicyclic) bond motifs is 2. The van der Waals surface area contributed by atoms with Gasteiger partial charge in [0.15, 0.2) is 0 Å². The number of nitrogens with zero attached hydrogens (tertiary/aromatic N) is 3. The second-order valence-corrected chi connectivity index (χ2v) is 4.16. The van der Waals surface area contributed by atoms with Crippen molar-refractivity contribution in [2.24, 2.45) is 0 Å². The van der Waals surface area contributed by atoms with Crippen LogP contribution in [0.4, 0.5) is 5.69 Å². The molecule has 1 aliphatic heterocycles. The average Bonchev–Trinajstić information content (AvgIpc) is 2.93. The average molecular weight is 210 g/mol. The van der Waals surface area contributed by atoms with Crippen LogP contribution in [-0.4, -0.2) is 22.9 Å². The molecule has 1 aliphatic carbocycles. The molecule has 4 nitrogen and oxygen atoms in total. The highest BCUT2D eigenvalue weighted by Crippen LogP contribution is 2.55. The van der Waals surface area contributed by atoms with Gasteiger partial charge < -0.3 is 4.90 Å². The standard InChI is InChI=1S/C9H8ClN3O/c1-13-5-4-11-8(10)12-6(5)9(2-3-9)7(13)14/h4H,2-3H2,1H3. The molecule has 0 radical (unpaired) electrons. The van der Waals surface area contributed by atoms with Gasteiger partial charge in [0.25, 0.3) is 0 Å². The van der Waals surface area contributed by atoms with Crippen LogP contribution in [0.25, 0.3) is 0 Å². The molecule has 1 aromatic rings. The second-order valence-electron chi connectivity index (χ2n) is 3.82. The fraction of sp³-hybridized carbons (Fsp3) is 0.444. The van der Waals surface area contributed by atoms with E-state index in [-0.39, 0.29) is 16.6 Å². The first-order valence-electron chi connectivity index (χ1n) is 4.46. The van der Waals surface area contributed by atoms with E-state index in [0.717, 1.165) is 24.2 Å². The van der Waals surface area contributed by atoms with Gasteiger partial charge in [-0.3, -0.25) is 4.79 Å². The van der Waals surface area contributed by atoms with Gasteiger partial charge in [-0.05, 0) is 24.4 Å². The van der Waals surface area contributed by atoms with Crippen LogP contribution in [0.15, 0.2) is 6.20 Å². The van der Waals surface area contributed by atoms with Crippen LogP contribution in [0.5, 0.6) is 0 Å². The van der Waals surface area contributed by atoms with Crippen LogP contribution < -0.4 is 4.90 Å². The van der Waals surface area contributed by atoms with Crippen LogP contribution in [0, 0.1) is 0 Å². The van der Waals surface area contributed by atoms with Gasteiger partial charge in [0.05, 0.1) is 23.0 Å². The highest BCUT2D eigenvalue weighted by atomic mass is 35.5. The summed E-state index contributed by atoms with van der Waals surface area (Å²) in [5.74, 6) is 0.129. The molecule has 3 rings (SSSR count). The predicted molar refractivity (Wildman–Crippen MR) is 51.4 cm³/mol. The van der Waals surface area contributed by atoms with Gasteiger partial charge in [0, 0.05) is 7.05 Å². The second kappa shape index (κ2) is 2.25. The Labute approximate surface area is 85.9 Å². The Morgan fingerprint density at radius 1 is 1.57 bits per heavy atom. The van der Waals surface area contributed by atoms with Crippen molar-refractivity contribution in [2.45, 2.75) is 18.3 Å². The summed E-state index contributed by atoms with van der Waals surface area (Å²) in [7, 11) is 1.76. The largest absolute Gasteiger partial charge is 0.312 e. The molecular formula is C9H8ClN3O. The first-order chi connectivity index (χ1) is 6.65. The molecule has 72 valence electrons. The molecule has 1 spiro atoms. The molecule has 1 fully saturated rings. The van der Waals surface area contributed by atoms with Crippen molar-refractivity contribution in [1.29, 1.82) is 0 Å². The third-order valence-corrected chi connectivity index (χ3v) is 3.20. The lowest BCUT2D eigenvalue weighted by molar-refractivity contribution is -0.120. The van der Waals surface area contributed by atoms with Crippen molar-refractivity contribution < 1.29 is 4.79 Å². The molecule has 0 aromatic carbocycles. The molecule has 5 heteroatoms. The fourth-order valence-corrected chi connectivity index (χ4v) is 2.19. The number of rotatable bonds is 0. The Kier molecular flexibility index (Phi) is 1.32. The number of amides is 1. The highest BCUT2D eigenvalue weighted by molar-refractivity contribution is 6.28. The highest BCUT2D eigenvalue weighted by Gasteiger charge is 2.60. The van der Waals surface area contributed by atoms with Gasteiger partial charge in [-0.1, -0.05) is 0 Å². The van der Waals surface area contributed by atoms with Crippen LogP contribution in [0.2, 0.25) is 5.28 Å². The molecule has 0 bridgehead atoms. The summed E-state index contributed by atoms with van der Waals surface area (Å²) in [5.41, 5.74) is 1.26. The van der Waals surface area contributed by atoms with E-state index in [4.69, 9.17) is 11.6 Å². The normalized spacial score (nSPS) is 21.6. The molecule has 0 unspecified atom stereocenters. The van der Waals surface area contributed by atoms with E-state index in [0.29, 0.717) is 0 Å². The Balaban J connectivity index is 2.27. The summed E-state index contributed by atoms with van der Waals surface area (Å²) < 4.78 is 0. The van der Waals surface area contributed by atoms with Crippen LogP contribution in [0.3, 0.4) is 0 Å². The summed E-state index contributed by atoms with van der Waals surface area (Å²) in [5, 5.41) is 0.220. The fourth-order valence-electron chi connectivity index (χ4n) is 2.06. The topological polar surface area (TPSA) is 46.1 Å². The van der Waals surface area contributed by atoms with E-state index in [1.165, 1.54) is 0 Å². The third-order valence-electron chi connectivity index (χ3n) is 3.02. The molecule has 1 saturated carbocycles. The molecule has 1 amide bonds. The van der Waals surface area contributed by atoms with Crippen molar-refractivity contribution in [3.05, 3.63) is 17.2 Å². The predicted octanol–water partition coefficient (Wildman–Crippen LogP) is 1.14. The van der Waals surface area contributed by atoms with Crippen LogP contribution >= 0.6 is 11.6 Å². The molecule has 0 N–H and O–H groups in total. The first kappa shape index (κ1) is 8.17. The molecule has 2 heterocycles. The summed E-state index contributed by atoms with van der Waals surface area (Å²) in [6.07, 6.45) is 3.39. The summed E-state index contributed by atoms with van der Waals surface area (Å²) in [6, 6.07) is 0. The maximum atomic E-state index is 11.9. The SMILES string of the molecule is CN1C(=O)C2(CC2)c2nc(Cl)ncc21. The van der Waals surface area contributed by atoms with Gasteiger partial charge in [-0.25, -0.2) is 9.97 Å². The zero-order valence-electron chi connectivity index (χ0n) is 7.62. The Hall–Kier alpha value is -1.16. The number of hydrogen-bond donors (Lipinski definition) is 0. The lowest BCUT2D eigenvalue weighted by Crippen LogP contribution is -2.28. The number of carbonyl (C=O) groups is 1. The Morgan fingerprint density at radius 3 is 2.93 bits per heavy atom. The monoisotopic (exact) mass is 209 g/mol. The van der Waals surface area contributed by atoms with Crippen molar-refractivity contribution in [2.75, 3.05) is 11.9 Å². The van der Waals surface area contributed by atoms with E-state index < -0.39 is 0 Å². The van der Waals surface area contributed by atoms with Crippen molar-refractivity contribution in [1.82, 2.24) is 9.97 Å². The molecule has 0 saturated heterocycles. The van der Waals surface area contributed by atoms with Crippen molar-refractivity contribution >= 4 is 23.2 Å². The van der Waals surface area contributed by atoms with Gasteiger partial charge in [0.2, 0.25) is 11.2 Å². The number of halogens is 1. The van der Waals surface area contributed by atoms with Gasteiger partial charge in [0.1, 0.15) is 0 Å². The van der Waals surface area contributed by atoms with E-state index in [9.17, 15) is 4.79 Å². The number of likely N-dealkylation sites (N-methyl/N-ethyl adjacent to an activating group) is 1. The summed E-state index contributed by atoms with van der Waals surface area (Å²) in [4.78, 5) is 21.5. The number of aromatic nitrogens is 2. The van der Waals surface area contributed by atoms with E-state index in [1.54, 1.807) is 18.1 Å². The summed E-state index contributed by atoms with van der Waals surface area (Å²) in [6.45, 7) is 0. The molecule has 2 aliphatic rings. The Bertz CT molecular complexity index is 442. The number of hydrogen-bond acceptors (Lipinski definition) is 3. The minimum Gasteiger partial charge on any atom is -0.312 e. The molecule has 0 atom stereocenters. The maximum Gasteiger partial charge on any atom is 0.239 e. The van der Waals surface area contributed by atoms with E-state index in [1.807, 2.05) is 0 Å². The number of anilines is 1. The maximum absolute atomic E-state index is 11.9. The van der Waals surface area contributed by atoms with E-state index in [2.05, 4.69) is 9.97 Å². The molecule has 14 heavy (non-hydrogen) atoms. The minimum atomic E-state index is -0.351. The zero-order chi connectivity index (χ0) is 9.92. The first-order valence-corrected chi connectivity index (χ1v) is 4.84. The van der Waals surface area contributed by atoms with Gasteiger partial charge >= 0.3 is 0 Å². The van der Waals surface area contributed by atoms with Gasteiger partial charge in [-0.2, -0.15) is 0 Å². The van der Waals surface area contributed by atoms with Crippen molar-refractivity contribution in [3.63, 3.8) is 0 Å².